The molecule has 0 radical (unpaired) electrons. The number of ether oxygens (including phenoxy) is 1. The largest absolute Gasteiger partial charge is 0.573 e. The van der Waals surface area contributed by atoms with Crippen molar-refractivity contribution in [3.8, 4) is 5.75 Å². The third-order valence-electron chi connectivity index (χ3n) is 7.32. The number of benzene rings is 1. The average molecular weight is 569 g/mol. The standard InChI is InChI=1S/C27H35F3N4O4S/c1-25(2,3)16-34-21-12-11-20(31-23(21)33(6)24(34)35)17-13-14-26(4,5)22(15-17)32-39(36,37)19-9-7-18(8-10-19)38-27(28,29)30/h7-12,17,22,32H,13-16H2,1-6H3. The van der Waals surface area contributed by atoms with E-state index in [2.05, 4.69) is 30.2 Å². The third kappa shape index (κ3) is 6.49. The zero-order chi connectivity index (χ0) is 29.0. The number of sulfonamides is 1. The third-order valence-corrected chi connectivity index (χ3v) is 8.81. The van der Waals surface area contributed by atoms with E-state index in [1.54, 1.807) is 16.2 Å². The van der Waals surface area contributed by atoms with Crippen molar-refractivity contribution in [1.29, 1.82) is 0 Å². The molecule has 0 spiro atoms. The first-order chi connectivity index (χ1) is 17.9. The lowest BCUT2D eigenvalue weighted by molar-refractivity contribution is -0.274. The Bertz CT molecular complexity index is 1520. The van der Waals surface area contributed by atoms with Crippen LogP contribution in [-0.2, 0) is 23.6 Å². The second-order valence-corrected chi connectivity index (χ2v) is 13.9. The molecule has 1 N–H and O–H groups in total. The van der Waals surface area contributed by atoms with Crippen molar-refractivity contribution in [2.45, 2.75) is 83.6 Å². The predicted octanol–water partition coefficient (Wildman–Crippen LogP) is 5.32. The Balaban J connectivity index is 1.58. The lowest BCUT2D eigenvalue weighted by atomic mass is 9.69. The Hall–Kier alpha value is -2.86. The number of rotatable bonds is 6. The molecule has 0 amide bonds. The normalized spacial score (nSPS) is 20.3. The van der Waals surface area contributed by atoms with Crippen LogP contribution in [0.5, 0.6) is 5.75 Å². The van der Waals surface area contributed by atoms with Crippen molar-refractivity contribution in [2.24, 2.45) is 17.9 Å². The number of hydrogen-bond acceptors (Lipinski definition) is 5. The van der Waals surface area contributed by atoms with Gasteiger partial charge >= 0.3 is 12.1 Å². The highest BCUT2D eigenvalue weighted by Crippen LogP contribution is 2.43. The first kappa shape index (κ1) is 29.1. The smallest absolute Gasteiger partial charge is 0.406 e. The summed E-state index contributed by atoms with van der Waals surface area (Å²) in [6, 6.07) is 7.52. The van der Waals surface area contributed by atoms with E-state index in [9.17, 15) is 26.4 Å². The van der Waals surface area contributed by atoms with Crippen LogP contribution in [0.25, 0.3) is 11.2 Å². The highest BCUT2D eigenvalue weighted by atomic mass is 32.2. The van der Waals surface area contributed by atoms with Crippen LogP contribution < -0.4 is 15.1 Å². The molecule has 8 nitrogen and oxygen atoms in total. The van der Waals surface area contributed by atoms with Gasteiger partial charge in [-0.1, -0.05) is 34.6 Å². The van der Waals surface area contributed by atoms with E-state index in [0.29, 0.717) is 18.6 Å². The molecule has 2 unspecified atom stereocenters. The summed E-state index contributed by atoms with van der Waals surface area (Å²) in [4.78, 5) is 17.6. The van der Waals surface area contributed by atoms with Gasteiger partial charge in [-0.25, -0.2) is 22.9 Å². The van der Waals surface area contributed by atoms with Gasteiger partial charge in [-0.15, -0.1) is 13.2 Å². The van der Waals surface area contributed by atoms with Crippen LogP contribution in [0.4, 0.5) is 13.2 Å². The van der Waals surface area contributed by atoms with Gasteiger partial charge in [0, 0.05) is 31.2 Å². The van der Waals surface area contributed by atoms with Crippen LogP contribution >= 0.6 is 0 Å². The van der Waals surface area contributed by atoms with E-state index < -0.39 is 28.2 Å². The second kappa shape index (κ2) is 9.96. The van der Waals surface area contributed by atoms with Gasteiger partial charge in [0.1, 0.15) is 5.75 Å². The molecule has 2 heterocycles. The summed E-state index contributed by atoms with van der Waals surface area (Å²) in [5, 5.41) is 0. The molecule has 2 aromatic heterocycles. The quantitative estimate of drug-likeness (QED) is 0.434. The molecular weight excluding hydrogens is 533 g/mol. The number of nitrogens with zero attached hydrogens (tertiary/aromatic N) is 3. The number of fused-ring (bicyclic) bond motifs is 1. The molecule has 1 aliphatic rings. The lowest BCUT2D eigenvalue weighted by Gasteiger charge is -2.42. The first-order valence-electron chi connectivity index (χ1n) is 12.8. The molecule has 1 fully saturated rings. The van der Waals surface area contributed by atoms with E-state index in [1.165, 1.54) is 0 Å². The maximum Gasteiger partial charge on any atom is 0.573 e. The van der Waals surface area contributed by atoms with Crippen molar-refractivity contribution >= 4 is 21.2 Å². The zero-order valence-electron chi connectivity index (χ0n) is 23.0. The summed E-state index contributed by atoms with van der Waals surface area (Å²) in [6.45, 7) is 10.7. The molecule has 214 valence electrons. The monoisotopic (exact) mass is 568 g/mol. The zero-order valence-corrected chi connectivity index (χ0v) is 23.8. The summed E-state index contributed by atoms with van der Waals surface area (Å²) in [7, 11) is -2.31. The number of hydrogen-bond donors (Lipinski definition) is 1. The second-order valence-electron chi connectivity index (χ2n) is 12.2. The fourth-order valence-corrected chi connectivity index (χ4v) is 6.56. The lowest BCUT2D eigenvalue weighted by Crippen LogP contribution is -2.48. The van der Waals surface area contributed by atoms with Crippen molar-refractivity contribution < 1.29 is 26.3 Å². The Morgan fingerprint density at radius 1 is 1.10 bits per heavy atom. The maximum atomic E-state index is 13.2. The molecule has 0 saturated heterocycles. The van der Waals surface area contributed by atoms with E-state index in [-0.39, 0.29) is 27.3 Å². The molecule has 0 aliphatic heterocycles. The molecule has 12 heteroatoms. The van der Waals surface area contributed by atoms with Gasteiger partial charge in [-0.3, -0.25) is 9.13 Å². The maximum absolute atomic E-state index is 13.2. The van der Waals surface area contributed by atoms with Crippen LogP contribution in [0.15, 0.2) is 46.1 Å². The van der Waals surface area contributed by atoms with Gasteiger partial charge in [0.25, 0.3) is 0 Å². The molecule has 2 atom stereocenters. The average Bonchev–Trinajstić information content (AvgIpc) is 3.03. The number of aryl methyl sites for hydroxylation is 1. The number of nitrogens with one attached hydrogen (secondary N) is 1. The van der Waals surface area contributed by atoms with E-state index >= 15 is 0 Å². The Morgan fingerprint density at radius 3 is 2.33 bits per heavy atom. The predicted molar refractivity (Wildman–Crippen MR) is 142 cm³/mol. The van der Waals surface area contributed by atoms with Crippen LogP contribution in [0, 0.1) is 10.8 Å². The molecule has 0 bridgehead atoms. The number of aromatic nitrogens is 3. The van der Waals surface area contributed by atoms with Crippen LogP contribution in [-0.4, -0.2) is 34.9 Å². The van der Waals surface area contributed by atoms with Crippen molar-refractivity contribution in [3.63, 3.8) is 0 Å². The summed E-state index contributed by atoms with van der Waals surface area (Å²) < 4.78 is 73.6. The van der Waals surface area contributed by atoms with Gasteiger partial charge in [-0.2, -0.15) is 0 Å². The number of alkyl halides is 3. The van der Waals surface area contributed by atoms with E-state index in [0.717, 1.165) is 48.3 Å². The summed E-state index contributed by atoms with van der Waals surface area (Å²) in [6.07, 6.45) is -2.86. The highest BCUT2D eigenvalue weighted by Gasteiger charge is 2.40. The first-order valence-corrected chi connectivity index (χ1v) is 14.3. The minimum atomic E-state index is -4.86. The van der Waals surface area contributed by atoms with Gasteiger partial charge < -0.3 is 4.74 Å². The molecular formula is C27H35F3N4O4S. The fraction of sp³-hybridized carbons (Fsp3) is 0.556. The number of imidazole rings is 1. The molecule has 39 heavy (non-hydrogen) atoms. The van der Waals surface area contributed by atoms with Crippen LogP contribution in [0.2, 0.25) is 0 Å². The van der Waals surface area contributed by atoms with Gasteiger partial charge in [-0.05, 0) is 66.5 Å². The molecule has 4 rings (SSSR count). The topological polar surface area (TPSA) is 95.2 Å². The number of pyridine rings is 1. The molecule has 3 aromatic rings. The minimum absolute atomic E-state index is 0.0428. The Labute approximate surface area is 226 Å². The SMILES string of the molecule is Cn1c(=O)n(CC(C)(C)C)c2ccc(C3CCC(C)(C)C(NS(=O)(=O)c4ccc(OC(F)(F)F)cc4)C3)nc21. The van der Waals surface area contributed by atoms with Crippen molar-refractivity contribution in [2.75, 3.05) is 0 Å². The molecule has 1 aromatic carbocycles. The summed E-state index contributed by atoms with van der Waals surface area (Å²) in [5.74, 6) is -0.537. The molecule has 1 aliphatic carbocycles. The van der Waals surface area contributed by atoms with Gasteiger partial charge in [0.05, 0.1) is 10.4 Å². The summed E-state index contributed by atoms with van der Waals surface area (Å²) >= 11 is 0. The van der Waals surface area contributed by atoms with Crippen LogP contribution in [0.3, 0.4) is 0 Å². The van der Waals surface area contributed by atoms with Crippen LogP contribution in [0.1, 0.15) is 65.5 Å². The highest BCUT2D eigenvalue weighted by molar-refractivity contribution is 7.89. The molecule has 1 saturated carbocycles. The Kier molecular flexibility index (Phi) is 7.44. The fourth-order valence-electron chi connectivity index (χ4n) is 5.14. The van der Waals surface area contributed by atoms with Gasteiger partial charge in [0.15, 0.2) is 5.65 Å². The van der Waals surface area contributed by atoms with Gasteiger partial charge in [0.2, 0.25) is 10.0 Å². The van der Waals surface area contributed by atoms with E-state index in [4.69, 9.17) is 4.98 Å². The van der Waals surface area contributed by atoms with Crippen molar-refractivity contribution in [1.82, 2.24) is 18.8 Å². The number of halogens is 3. The van der Waals surface area contributed by atoms with E-state index in [1.807, 2.05) is 26.0 Å². The van der Waals surface area contributed by atoms with Crippen molar-refractivity contribution in [3.05, 3.63) is 52.6 Å². The Morgan fingerprint density at radius 2 is 1.74 bits per heavy atom. The summed E-state index contributed by atoms with van der Waals surface area (Å²) in [5.41, 5.74) is 1.54. The minimum Gasteiger partial charge on any atom is -0.406 e.